The summed E-state index contributed by atoms with van der Waals surface area (Å²) >= 11 is 2.58. The van der Waals surface area contributed by atoms with Crippen molar-refractivity contribution >= 4 is 32.9 Å². The Hall–Kier alpha value is 0.850. The Morgan fingerprint density at radius 3 is 2.00 bits per heavy atom. The lowest BCUT2D eigenvalue weighted by Gasteiger charge is -1.84. The fraction of sp³-hybridized carbons (Fsp3) is 1.00. The molecular formula is C2H6Br2FN. The van der Waals surface area contributed by atoms with Gasteiger partial charge in [-0.3, -0.25) is 0 Å². The Kier molecular flexibility index (Phi) is 9.72. The normalized spacial score (nSPS) is 12.5. The lowest BCUT2D eigenvalue weighted by Crippen LogP contribution is -2.06. The maximum absolute atomic E-state index is 11.2. The van der Waals surface area contributed by atoms with Gasteiger partial charge in [0, 0.05) is 6.54 Å². The van der Waals surface area contributed by atoms with E-state index in [9.17, 15) is 4.39 Å². The molecule has 4 heteroatoms. The van der Waals surface area contributed by atoms with Crippen LogP contribution in [-0.4, -0.2) is 11.6 Å². The molecule has 1 atom stereocenters. The van der Waals surface area contributed by atoms with E-state index in [1.807, 2.05) is 0 Å². The van der Waals surface area contributed by atoms with Crippen LogP contribution in [-0.2, 0) is 0 Å². The van der Waals surface area contributed by atoms with Crippen LogP contribution in [0, 0.1) is 0 Å². The van der Waals surface area contributed by atoms with E-state index < -0.39 is 5.08 Å². The molecule has 0 amide bonds. The SMILES string of the molecule is Br.NCC(F)Br. The van der Waals surface area contributed by atoms with Gasteiger partial charge >= 0.3 is 0 Å². The number of rotatable bonds is 1. The Morgan fingerprint density at radius 2 is 2.00 bits per heavy atom. The van der Waals surface area contributed by atoms with Gasteiger partial charge in [0.1, 0.15) is 0 Å². The van der Waals surface area contributed by atoms with Crippen molar-refractivity contribution in [1.29, 1.82) is 0 Å². The quantitative estimate of drug-likeness (QED) is 0.664. The second-order valence-corrected chi connectivity index (χ2v) is 1.62. The maximum atomic E-state index is 11.2. The van der Waals surface area contributed by atoms with Crippen molar-refractivity contribution < 1.29 is 4.39 Å². The molecule has 0 aliphatic rings. The van der Waals surface area contributed by atoms with Crippen molar-refractivity contribution in [2.24, 2.45) is 5.73 Å². The molecule has 2 N–H and O–H groups in total. The number of halogens is 3. The van der Waals surface area contributed by atoms with Gasteiger partial charge in [-0.25, -0.2) is 4.39 Å². The molecule has 0 fully saturated rings. The van der Waals surface area contributed by atoms with Crippen molar-refractivity contribution in [3.05, 3.63) is 0 Å². The van der Waals surface area contributed by atoms with Crippen molar-refractivity contribution in [2.45, 2.75) is 5.08 Å². The third kappa shape index (κ3) is 8.85. The molecule has 0 bridgehead atoms. The van der Waals surface area contributed by atoms with Crippen LogP contribution >= 0.6 is 32.9 Å². The topological polar surface area (TPSA) is 26.0 Å². The first-order valence-electron chi connectivity index (χ1n) is 1.25. The zero-order valence-electron chi connectivity index (χ0n) is 3.03. The summed E-state index contributed by atoms with van der Waals surface area (Å²) < 4.78 is 11.2. The summed E-state index contributed by atoms with van der Waals surface area (Å²) in [6.45, 7) is 0.0556. The maximum Gasteiger partial charge on any atom is 0.167 e. The minimum Gasteiger partial charge on any atom is -0.327 e. The lowest BCUT2D eigenvalue weighted by atomic mass is 10.8. The van der Waals surface area contributed by atoms with E-state index >= 15 is 0 Å². The van der Waals surface area contributed by atoms with Crippen molar-refractivity contribution in [3.63, 3.8) is 0 Å². The van der Waals surface area contributed by atoms with E-state index in [4.69, 9.17) is 5.73 Å². The summed E-state index contributed by atoms with van der Waals surface area (Å²) in [4.78, 5) is 0. The molecule has 6 heavy (non-hydrogen) atoms. The number of alkyl halides is 2. The molecule has 0 aliphatic heterocycles. The summed E-state index contributed by atoms with van der Waals surface area (Å²) in [5, 5.41) is -1.03. The zero-order chi connectivity index (χ0) is 4.28. The Bertz CT molecular complexity index is 25.5. The van der Waals surface area contributed by atoms with Gasteiger partial charge in [0.05, 0.1) is 0 Å². The molecule has 0 saturated carbocycles. The second kappa shape index (κ2) is 5.85. The van der Waals surface area contributed by atoms with Crippen LogP contribution in [0.5, 0.6) is 0 Å². The molecule has 1 unspecified atom stereocenters. The number of hydrogen-bond donors (Lipinski definition) is 1. The summed E-state index contributed by atoms with van der Waals surface area (Å²) in [5.74, 6) is 0. The molecule has 40 valence electrons. The van der Waals surface area contributed by atoms with Crippen LogP contribution < -0.4 is 5.73 Å². The Balaban J connectivity index is 0. The first-order chi connectivity index (χ1) is 2.27. The van der Waals surface area contributed by atoms with Crippen LogP contribution in [0.1, 0.15) is 0 Å². The second-order valence-electron chi connectivity index (χ2n) is 0.627. The van der Waals surface area contributed by atoms with Crippen LogP contribution in [0.15, 0.2) is 0 Å². The van der Waals surface area contributed by atoms with Crippen molar-refractivity contribution in [3.8, 4) is 0 Å². The Labute approximate surface area is 55.0 Å². The van der Waals surface area contributed by atoms with E-state index in [1.165, 1.54) is 0 Å². The highest BCUT2D eigenvalue weighted by Gasteiger charge is 1.88. The summed E-state index contributed by atoms with van der Waals surface area (Å²) in [7, 11) is 0. The third-order valence-corrected chi connectivity index (χ3v) is 0.552. The summed E-state index contributed by atoms with van der Waals surface area (Å²) in [5.41, 5.74) is 4.75. The fourth-order valence-corrected chi connectivity index (χ4v) is 0. The van der Waals surface area contributed by atoms with Gasteiger partial charge in [-0.2, -0.15) is 0 Å². The van der Waals surface area contributed by atoms with Crippen LogP contribution in [0.3, 0.4) is 0 Å². The fourth-order valence-electron chi connectivity index (χ4n) is 0. The Morgan fingerprint density at radius 1 is 1.83 bits per heavy atom. The van der Waals surface area contributed by atoms with E-state index in [-0.39, 0.29) is 23.5 Å². The lowest BCUT2D eigenvalue weighted by molar-refractivity contribution is 0.469. The molecular weight excluding hydrogens is 217 g/mol. The van der Waals surface area contributed by atoms with E-state index in [0.29, 0.717) is 0 Å². The highest BCUT2D eigenvalue weighted by molar-refractivity contribution is 9.09. The first kappa shape index (κ1) is 9.97. The largest absolute Gasteiger partial charge is 0.327 e. The van der Waals surface area contributed by atoms with E-state index in [0.717, 1.165) is 0 Å². The van der Waals surface area contributed by atoms with Gasteiger partial charge in [-0.1, -0.05) is 15.9 Å². The molecule has 0 rings (SSSR count). The third-order valence-electron chi connectivity index (χ3n) is 0.178. The van der Waals surface area contributed by atoms with Crippen LogP contribution in [0.25, 0.3) is 0 Å². The summed E-state index contributed by atoms with van der Waals surface area (Å²) in [6.07, 6.45) is 0. The number of hydrogen-bond acceptors (Lipinski definition) is 1. The smallest absolute Gasteiger partial charge is 0.167 e. The van der Waals surface area contributed by atoms with Gasteiger partial charge in [-0.05, 0) is 0 Å². The minimum atomic E-state index is -1.03. The molecule has 0 aromatic carbocycles. The van der Waals surface area contributed by atoms with Gasteiger partial charge in [-0.15, -0.1) is 17.0 Å². The standard InChI is InChI=1S/C2H5BrFN.BrH/c3-2(4)1-5;/h2H,1,5H2;1H. The van der Waals surface area contributed by atoms with Gasteiger partial charge in [0.25, 0.3) is 0 Å². The highest BCUT2D eigenvalue weighted by atomic mass is 79.9. The average Bonchev–Trinajstić information content (AvgIpc) is 1.38. The average molecular weight is 223 g/mol. The molecule has 0 aliphatic carbocycles. The summed E-state index contributed by atoms with van der Waals surface area (Å²) in [6, 6.07) is 0. The molecule has 0 aromatic rings. The molecule has 0 aromatic heterocycles. The molecule has 1 nitrogen and oxygen atoms in total. The molecule has 0 radical (unpaired) electrons. The van der Waals surface area contributed by atoms with Crippen molar-refractivity contribution in [1.82, 2.24) is 0 Å². The van der Waals surface area contributed by atoms with E-state index in [1.54, 1.807) is 0 Å². The molecule has 0 saturated heterocycles. The van der Waals surface area contributed by atoms with Gasteiger partial charge in [0.2, 0.25) is 0 Å². The van der Waals surface area contributed by atoms with Crippen molar-refractivity contribution in [2.75, 3.05) is 6.54 Å². The monoisotopic (exact) mass is 221 g/mol. The van der Waals surface area contributed by atoms with Gasteiger partial charge < -0.3 is 5.73 Å². The molecule has 0 heterocycles. The highest BCUT2D eigenvalue weighted by Crippen LogP contribution is 1.93. The molecule has 0 spiro atoms. The number of nitrogens with two attached hydrogens (primary N) is 1. The van der Waals surface area contributed by atoms with E-state index in [2.05, 4.69) is 15.9 Å². The predicted molar refractivity (Wildman–Crippen MR) is 33.2 cm³/mol. The zero-order valence-corrected chi connectivity index (χ0v) is 6.33. The van der Waals surface area contributed by atoms with Crippen LogP contribution in [0.4, 0.5) is 4.39 Å². The van der Waals surface area contributed by atoms with Crippen LogP contribution in [0.2, 0.25) is 0 Å². The minimum absolute atomic E-state index is 0. The first-order valence-corrected chi connectivity index (χ1v) is 2.17. The van der Waals surface area contributed by atoms with Gasteiger partial charge in [0.15, 0.2) is 5.08 Å². The predicted octanol–water partition coefficient (Wildman–Crippen LogP) is 1.21.